The molecule has 270 valence electrons. The van der Waals surface area contributed by atoms with Crippen LogP contribution in [0.1, 0.15) is 158 Å². The minimum Gasteiger partial charge on any atom is -0.393 e. The van der Waals surface area contributed by atoms with Crippen LogP contribution in [0.2, 0.25) is 0 Å². The Kier molecular flexibility index (Phi) is 7.60. The molecule has 1 aliphatic heterocycles. The molecule has 2 amide bonds. The summed E-state index contributed by atoms with van der Waals surface area (Å²) < 4.78 is 0. The number of hydrogen-bond acceptors (Lipinski definition) is 3. The van der Waals surface area contributed by atoms with E-state index in [0.717, 1.165) is 58.0 Å². The number of carbonyl (C=O) groups is 2. The lowest BCUT2D eigenvalue weighted by Gasteiger charge is -2.73. The van der Waals surface area contributed by atoms with Gasteiger partial charge in [0.2, 0.25) is 11.8 Å². The molecule has 0 radical (unpaired) electrons. The summed E-state index contributed by atoms with van der Waals surface area (Å²) in [6, 6.07) is 0.0936. The molecule has 1 heterocycles. The summed E-state index contributed by atoms with van der Waals surface area (Å²) >= 11 is 0. The smallest absolute Gasteiger partial charge is 0.226 e. The summed E-state index contributed by atoms with van der Waals surface area (Å²) in [6.45, 7) is 21.6. The first kappa shape index (κ1) is 34.0. The van der Waals surface area contributed by atoms with Crippen LogP contribution < -0.4 is 5.32 Å². The van der Waals surface area contributed by atoms with Gasteiger partial charge in [0.15, 0.2) is 0 Å². The molecule has 2 N–H and O–H groups in total. The molecule has 12 atom stereocenters. The van der Waals surface area contributed by atoms with E-state index >= 15 is 4.79 Å². The highest BCUT2D eigenvalue weighted by atomic mass is 16.3. The number of fused-ring (bicyclic) bond motifs is 7. The molecule has 0 aromatic rings. The maximum atomic E-state index is 15.0. The Morgan fingerprint density at radius 1 is 0.667 bits per heavy atom. The van der Waals surface area contributed by atoms with Gasteiger partial charge in [-0.05, 0) is 165 Å². The van der Waals surface area contributed by atoms with Crippen LogP contribution in [0, 0.1) is 73.4 Å². The molecule has 2 unspecified atom stereocenters. The lowest BCUT2D eigenvalue weighted by molar-refractivity contribution is -0.248. The van der Waals surface area contributed by atoms with Gasteiger partial charge in [-0.3, -0.25) is 9.59 Å². The van der Waals surface area contributed by atoms with E-state index in [4.69, 9.17) is 0 Å². The average Bonchev–Trinajstić information content (AvgIpc) is 3.66. The molecule has 1 saturated heterocycles. The number of carbonyl (C=O) groups excluding carboxylic acids is 2. The molecule has 7 aliphatic carbocycles. The molecule has 0 spiro atoms. The Morgan fingerprint density at radius 3 is 2.04 bits per heavy atom. The Bertz CT molecular complexity index is 1330. The molecule has 48 heavy (non-hydrogen) atoms. The number of hydrogen-bond donors (Lipinski definition) is 2. The summed E-state index contributed by atoms with van der Waals surface area (Å²) in [5.41, 5.74) is 0.755. The standard InChI is InChI=1S/C43H70N2O3/c1-37(2)29(35(47)45-24-10-9-11-25-45)26-32(37)44-36(48)43-19-14-27(39(5)20-21-39)34(43)28-12-13-31-40(6)17-16-33(46)38(3,4)30(40)15-18-42(31,8)41(28,7)22-23-43/h27-34,46H,9-26H2,1-8H3,(H,44,48)/t27-,28-,29?,30+,31-,32-,33+,34?,40+,41-,42-,43+/m1/s1. The van der Waals surface area contributed by atoms with Gasteiger partial charge in [-0.25, -0.2) is 0 Å². The molecule has 0 bridgehead atoms. The monoisotopic (exact) mass is 663 g/mol. The van der Waals surface area contributed by atoms with Gasteiger partial charge in [0.05, 0.1) is 11.5 Å². The van der Waals surface area contributed by atoms with Crippen molar-refractivity contribution in [2.45, 2.75) is 170 Å². The van der Waals surface area contributed by atoms with Crippen molar-refractivity contribution in [2.75, 3.05) is 13.1 Å². The fraction of sp³-hybridized carbons (Fsp3) is 0.953. The Labute approximate surface area is 292 Å². The van der Waals surface area contributed by atoms with E-state index in [1.165, 1.54) is 57.8 Å². The van der Waals surface area contributed by atoms with Gasteiger partial charge < -0.3 is 15.3 Å². The number of aliphatic hydroxyl groups excluding tert-OH is 1. The molecule has 0 aromatic heterocycles. The van der Waals surface area contributed by atoms with Crippen LogP contribution in [0.4, 0.5) is 0 Å². The third-order valence-corrected chi connectivity index (χ3v) is 19.3. The number of aliphatic hydroxyl groups is 1. The van der Waals surface area contributed by atoms with Crippen molar-refractivity contribution in [3.63, 3.8) is 0 Å². The predicted molar refractivity (Wildman–Crippen MR) is 192 cm³/mol. The highest BCUT2D eigenvalue weighted by molar-refractivity contribution is 5.86. The van der Waals surface area contributed by atoms with Crippen molar-refractivity contribution >= 4 is 11.8 Å². The minimum atomic E-state index is -0.250. The molecule has 0 aromatic carbocycles. The zero-order valence-corrected chi connectivity index (χ0v) is 32.1. The number of nitrogens with one attached hydrogen (secondary N) is 1. The topological polar surface area (TPSA) is 69.6 Å². The summed E-state index contributed by atoms with van der Waals surface area (Å²) in [4.78, 5) is 30.7. The Hall–Kier alpha value is -1.10. The van der Waals surface area contributed by atoms with Crippen LogP contribution in [-0.2, 0) is 9.59 Å². The Morgan fingerprint density at radius 2 is 1.38 bits per heavy atom. The van der Waals surface area contributed by atoms with Crippen LogP contribution in [0.5, 0.6) is 0 Å². The van der Waals surface area contributed by atoms with Gasteiger partial charge in [-0.15, -0.1) is 0 Å². The molecule has 8 fully saturated rings. The third-order valence-electron chi connectivity index (χ3n) is 19.3. The number of amides is 2. The highest BCUT2D eigenvalue weighted by Crippen LogP contribution is 2.79. The average molecular weight is 663 g/mol. The SMILES string of the molecule is CC1([C@@H]2CC[C@]3(C(=O)N[C@@H]4CC(C(=O)N5CCCCC5)C4(C)C)CC[C@]4(C)[C@H](CC[C@@H]5[C@@]6(C)CC[C@H](O)C(C)(C)[C@@H]6CC[C@]54C)C23)CC1. The zero-order valence-electron chi connectivity index (χ0n) is 32.1. The van der Waals surface area contributed by atoms with Crippen molar-refractivity contribution in [1.29, 1.82) is 0 Å². The van der Waals surface area contributed by atoms with Gasteiger partial charge >= 0.3 is 0 Å². The van der Waals surface area contributed by atoms with Gasteiger partial charge in [0.1, 0.15) is 0 Å². The van der Waals surface area contributed by atoms with Crippen molar-refractivity contribution in [3.8, 4) is 0 Å². The zero-order chi connectivity index (χ0) is 34.3. The molecular weight excluding hydrogens is 592 g/mol. The van der Waals surface area contributed by atoms with Gasteiger partial charge in [-0.2, -0.15) is 0 Å². The maximum absolute atomic E-state index is 15.0. The molecular formula is C43H70N2O3. The number of nitrogens with zero attached hydrogens (tertiary/aromatic N) is 1. The number of piperidine rings is 1. The van der Waals surface area contributed by atoms with E-state index in [0.29, 0.717) is 46.8 Å². The lowest BCUT2D eigenvalue weighted by Crippen LogP contribution is -2.68. The van der Waals surface area contributed by atoms with Crippen molar-refractivity contribution in [1.82, 2.24) is 10.2 Å². The fourth-order valence-electron chi connectivity index (χ4n) is 15.5. The number of rotatable bonds is 4. The first-order chi connectivity index (χ1) is 22.5. The predicted octanol–water partition coefficient (Wildman–Crippen LogP) is 8.77. The van der Waals surface area contributed by atoms with Gasteiger partial charge in [0.25, 0.3) is 0 Å². The van der Waals surface area contributed by atoms with E-state index in [-0.39, 0.29) is 50.6 Å². The second kappa shape index (κ2) is 10.7. The van der Waals surface area contributed by atoms with E-state index in [1.54, 1.807) is 0 Å². The summed E-state index contributed by atoms with van der Waals surface area (Å²) in [5, 5.41) is 14.9. The third kappa shape index (κ3) is 4.36. The fourth-order valence-corrected chi connectivity index (χ4v) is 15.5. The highest BCUT2D eigenvalue weighted by Gasteiger charge is 2.73. The first-order valence-electron chi connectivity index (χ1n) is 20.7. The summed E-state index contributed by atoms with van der Waals surface area (Å²) in [7, 11) is 0. The van der Waals surface area contributed by atoms with E-state index in [9.17, 15) is 9.90 Å². The second-order valence-corrected chi connectivity index (χ2v) is 21.5. The normalized spacial score (nSPS) is 51.3. The quantitative estimate of drug-likeness (QED) is 0.316. The minimum absolute atomic E-state index is 0.0182. The Balaban J connectivity index is 1.07. The molecule has 7 saturated carbocycles. The van der Waals surface area contributed by atoms with Crippen molar-refractivity contribution in [2.24, 2.45) is 73.4 Å². The molecule has 5 heteroatoms. The van der Waals surface area contributed by atoms with Crippen LogP contribution in [0.3, 0.4) is 0 Å². The van der Waals surface area contributed by atoms with E-state index < -0.39 is 0 Å². The molecule has 8 rings (SSSR count). The van der Waals surface area contributed by atoms with Gasteiger partial charge in [0, 0.05) is 25.0 Å². The van der Waals surface area contributed by atoms with Crippen LogP contribution in [0.25, 0.3) is 0 Å². The number of likely N-dealkylation sites (tertiary alicyclic amines) is 1. The van der Waals surface area contributed by atoms with E-state index in [2.05, 4.69) is 65.6 Å². The van der Waals surface area contributed by atoms with Gasteiger partial charge in [-0.1, -0.05) is 55.4 Å². The second-order valence-electron chi connectivity index (χ2n) is 21.5. The van der Waals surface area contributed by atoms with Crippen molar-refractivity contribution in [3.05, 3.63) is 0 Å². The molecule has 8 aliphatic rings. The first-order valence-corrected chi connectivity index (χ1v) is 20.7. The van der Waals surface area contributed by atoms with Crippen molar-refractivity contribution < 1.29 is 14.7 Å². The largest absolute Gasteiger partial charge is 0.393 e. The summed E-state index contributed by atoms with van der Waals surface area (Å²) in [6.07, 6.45) is 18.5. The lowest BCUT2D eigenvalue weighted by atomic mass is 9.32. The summed E-state index contributed by atoms with van der Waals surface area (Å²) in [5.74, 6) is 3.74. The van der Waals surface area contributed by atoms with E-state index in [1.807, 2.05) is 0 Å². The van der Waals surface area contributed by atoms with Crippen LogP contribution in [-0.4, -0.2) is 47.1 Å². The molecule has 5 nitrogen and oxygen atoms in total. The maximum Gasteiger partial charge on any atom is 0.226 e. The van der Waals surface area contributed by atoms with Crippen LogP contribution in [0.15, 0.2) is 0 Å². The van der Waals surface area contributed by atoms with Crippen LogP contribution >= 0.6 is 0 Å².